The predicted octanol–water partition coefficient (Wildman–Crippen LogP) is 22.1. The van der Waals surface area contributed by atoms with Gasteiger partial charge in [0.05, 0.1) is 64.4 Å². The van der Waals surface area contributed by atoms with E-state index in [0.29, 0.717) is 51.4 Å². The lowest BCUT2D eigenvalue weighted by Gasteiger charge is -2.24. The lowest BCUT2D eigenvalue weighted by molar-refractivity contribution is -0.150. The van der Waals surface area contributed by atoms with Gasteiger partial charge in [0.2, 0.25) is 23.6 Å². The van der Waals surface area contributed by atoms with Crippen LogP contribution in [0.15, 0.2) is 24.3 Å². The van der Waals surface area contributed by atoms with Crippen molar-refractivity contribution >= 4 is 45.2 Å². The molecule has 0 aliphatic rings. The Morgan fingerprint density at radius 2 is 0.661 bits per heavy atom. The van der Waals surface area contributed by atoms with Crippen LogP contribution in [-0.4, -0.2) is 131 Å². The minimum atomic E-state index is -4.47. The van der Waals surface area contributed by atoms with Gasteiger partial charge in [-0.1, -0.05) is 316 Å². The van der Waals surface area contributed by atoms with Gasteiger partial charge in [-0.2, -0.15) is 0 Å². The van der Waals surface area contributed by atoms with Crippen LogP contribution in [0.3, 0.4) is 0 Å². The van der Waals surface area contributed by atoms with Gasteiger partial charge in [0, 0.05) is 45.4 Å². The molecule has 24 nitrogen and oxygen atoms in total. The molecule has 7 atom stereocenters. The number of aliphatic hydroxyl groups is 1. The number of nitrogens with two attached hydrogens (primary N) is 2. The number of allylic oxidation sites excluding steroid dienone is 4. The molecule has 0 fully saturated rings. The Bertz CT molecular complexity index is 2390. The number of carbonyl (C=O) groups is 5. The fourth-order valence-electron chi connectivity index (χ4n) is 13.5. The molecule has 4 amide bonds. The Hall–Kier alpha value is -3.19. The number of ether oxygens (including phenoxy) is 4. The predicted molar refractivity (Wildman–Crippen MR) is 467 cm³/mol. The quantitative estimate of drug-likeness (QED) is 0.00566. The van der Waals surface area contributed by atoms with Gasteiger partial charge in [0.1, 0.15) is 12.5 Å². The standard InChI is InChI=1S/C89H174N6O18P2/c1-7-13-19-25-29-33-35-37-39-43-45-51-57-63-84(96)94-80(76-104-71-67-82(61-55-49-23-17-11-5)110-88(100)65-59-53-47-41-31-27-21-15-9-3)78-108-114(102,112-90)106-73-69-92-86(98)75-87(99)93-70-74-107-115(103,113-91)109-79-81(95-85(97)64-58-52-46-44-40-38-36-34-30-26-20-14-8-2)77-105-72-68-83(62-56-50-24-18-12-6)111-89(101)66-60-54-48-42-32-28-22-16-10-4/h41-42,47-48,80-83,88,100H,7-40,43-46,49-79,90-91H2,1-6H3,(H,92,98)(H,93,99)(H,94,96)(H,95,97). The SMILES string of the molecule is CCCCCCC=CCCCC(=O)OC(CCCCCCC)CCOCC(COP(=O)(ON)OCCNC(=O)CC(=O)NCCOP(=O)(ON)OCC(COCCC(CCCCCCC)OC(O)CCCC=CCCCCCC)NC(=O)CCCCCCCCCCCCCCC)NC(=O)CCCCCCCCCCCCCCC. The van der Waals surface area contributed by atoms with Gasteiger partial charge in [-0.3, -0.25) is 42.1 Å². The van der Waals surface area contributed by atoms with Gasteiger partial charge in [-0.25, -0.2) is 30.2 Å². The summed E-state index contributed by atoms with van der Waals surface area (Å²) in [7, 11) is -8.93. The molecule has 0 rings (SSSR count). The number of amides is 4. The molecule has 9 N–H and O–H groups in total. The first kappa shape index (κ1) is 112. The van der Waals surface area contributed by atoms with Crippen molar-refractivity contribution in [1.82, 2.24) is 21.3 Å². The molecule has 0 aromatic carbocycles. The molecule has 26 heteroatoms. The van der Waals surface area contributed by atoms with Crippen LogP contribution in [0.2, 0.25) is 0 Å². The number of unbranched alkanes of at least 4 members (excludes halogenated alkanes) is 42. The molecule has 0 heterocycles. The van der Waals surface area contributed by atoms with Crippen molar-refractivity contribution in [2.45, 2.75) is 451 Å². The molecule has 0 spiro atoms. The molecular weight excluding hydrogens is 1500 g/mol. The van der Waals surface area contributed by atoms with Crippen molar-refractivity contribution in [3.8, 4) is 0 Å². The zero-order chi connectivity index (χ0) is 84.3. The summed E-state index contributed by atoms with van der Waals surface area (Å²) in [4.78, 5) is 65.7. The largest absolute Gasteiger partial charge is 0.491 e. The van der Waals surface area contributed by atoms with Crippen LogP contribution in [0, 0.1) is 0 Å². The molecule has 0 bridgehead atoms. The molecule has 7 unspecified atom stereocenters. The van der Waals surface area contributed by atoms with E-state index in [1.807, 2.05) is 0 Å². The molecule has 0 aromatic rings. The third kappa shape index (κ3) is 76.7. The lowest BCUT2D eigenvalue weighted by Crippen LogP contribution is -2.41. The van der Waals surface area contributed by atoms with E-state index in [1.165, 1.54) is 167 Å². The summed E-state index contributed by atoms with van der Waals surface area (Å²) in [6.45, 7) is 11.7. The molecule has 115 heavy (non-hydrogen) atoms. The van der Waals surface area contributed by atoms with Crippen molar-refractivity contribution < 1.29 is 84.5 Å². The van der Waals surface area contributed by atoms with Crippen molar-refractivity contribution in [2.24, 2.45) is 11.8 Å². The minimum Gasteiger partial charge on any atom is -0.462 e. The first-order chi connectivity index (χ1) is 56.0. The summed E-state index contributed by atoms with van der Waals surface area (Å²) in [6.07, 6.45) is 67.0. The van der Waals surface area contributed by atoms with Crippen molar-refractivity contribution in [1.29, 1.82) is 0 Å². The zero-order valence-corrected chi connectivity index (χ0v) is 75.7. The fourth-order valence-corrected chi connectivity index (χ4v) is 15.3. The van der Waals surface area contributed by atoms with Gasteiger partial charge < -0.3 is 45.3 Å². The zero-order valence-electron chi connectivity index (χ0n) is 73.9. The highest BCUT2D eigenvalue weighted by atomic mass is 31.2. The molecule has 0 saturated carbocycles. The molecule has 0 radical (unpaired) electrons. The number of aliphatic hydroxyl groups excluding tert-OH is 1. The van der Waals surface area contributed by atoms with E-state index in [-0.39, 0.29) is 95.6 Å². The molecule has 678 valence electrons. The van der Waals surface area contributed by atoms with Gasteiger partial charge in [-0.05, 0) is 96.3 Å². The Balaban J connectivity index is 5.72. The van der Waals surface area contributed by atoms with E-state index in [9.17, 15) is 38.2 Å². The van der Waals surface area contributed by atoms with E-state index >= 15 is 0 Å². The normalized spacial score (nSPS) is 14.2. The monoisotopic (exact) mass is 1680 g/mol. The second kappa shape index (κ2) is 84.4. The number of hydrogen-bond acceptors (Lipinski definition) is 20. The van der Waals surface area contributed by atoms with Crippen LogP contribution >= 0.6 is 15.6 Å². The number of carbonyl (C=O) groups excluding carboxylic acids is 5. The third-order valence-electron chi connectivity index (χ3n) is 20.6. The summed E-state index contributed by atoms with van der Waals surface area (Å²) in [6, 6.07) is -1.58. The number of esters is 1. The van der Waals surface area contributed by atoms with E-state index in [1.54, 1.807) is 0 Å². The first-order valence-corrected chi connectivity index (χ1v) is 49.6. The maximum atomic E-state index is 13.7. The second-order valence-electron chi connectivity index (χ2n) is 31.7. The van der Waals surface area contributed by atoms with Gasteiger partial charge in [0.25, 0.3) is 0 Å². The van der Waals surface area contributed by atoms with E-state index < -0.39 is 65.5 Å². The third-order valence-corrected chi connectivity index (χ3v) is 23.1. The van der Waals surface area contributed by atoms with Gasteiger partial charge in [0.15, 0.2) is 6.29 Å². The molecule has 0 saturated heterocycles. The average Bonchev–Trinajstić information content (AvgIpc) is 0.896. The summed E-state index contributed by atoms with van der Waals surface area (Å²) < 4.78 is 83.4. The van der Waals surface area contributed by atoms with Crippen molar-refractivity contribution in [2.75, 3.05) is 65.9 Å². The number of phosphoric acid groups is 2. The van der Waals surface area contributed by atoms with Crippen LogP contribution in [0.25, 0.3) is 0 Å². The lowest BCUT2D eigenvalue weighted by atomic mass is 10.0. The Morgan fingerprint density at radius 1 is 0.339 bits per heavy atom. The highest BCUT2D eigenvalue weighted by Gasteiger charge is 2.31. The summed E-state index contributed by atoms with van der Waals surface area (Å²) in [5, 5.41) is 21.9. The number of nitrogens with one attached hydrogen (secondary N) is 4. The Kier molecular flexibility index (Phi) is 82.1. The fraction of sp³-hybridized carbons (Fsp3) is 0.899. The van der Waals surface area contributed by atoms with Gasteiger partial charge in [-0.15, -0.1) is 0 Å². The number of hydrogen-bond donors (Lipinski definition) is 7. The van der Waals surface area contributed by atoms with Crippen LogP contribution in [0.4, 0.5) is 0 Å². The first-order valence-electron chi connectivity index (χ1n) is 46.7. The summed E-state index contributed by atoms with van der Waals surface area (Å²) >= 11 is 0. The van der Waals surface area contributed by atoms with Crippen LogP contribution in [-0.2, 0) is 79.4 Å². The van der Waals surface area contributed by atoms with Crippen LogP contribution in [0.5, 0.6) is 0 Å². The molecule has 0 aliphatic carbocycles. The number of phosphoric ester groups is 2. The minimum absolute atomic E-state index is 0.0114. The second-order valence-corrected chi connectivity index (χ2v) is 34.9. The highest BCUT2D eigenvalue weighted by molar-refractivity contribution is 7.48. The average molecular weight is 1680 g/mol. The highest BCUT2D eigenvalue weighted by Crippen LogP contribution is 2.48. The Labute approximate surface area is 700 Å². The van der Waals surface area contributed by atoms with Crippen LogP contribution in [0.1, 0.15) is 420 Å². The van der Waals surface area contributed by atoms with Crippen molar-refractivity contribution in [3.05, 3.63) is 24.3 Å². The van der Waals surface area contributed by atoms with Gasteiger partial charge >= 0.3 is 21.6 Å². The summed E-state index contributed by atoms with van der Waals surface area (Å²) in [5.74, 6) is 8.85. The number of rotatable bonds is 91. The molecule has 0 aromatic heterocycles. The smallest absolute Gasteiger partial charge is 0.462 e. The summed E-state index contributed by atoms with van der Waals surface area (Å²) in [5.41, 5.74) is 0. The van der Waals surface area contributed by atoms with Crippen LogP contribution < -0.4 is 33.1 Å². The molecular formula is C89H174N6O18P2. The Morgan fingerprint density at radius 3 is 1.03 bits per heavy atom. The maximum absolute atomic E-state index is 13.7. The van der Waals surface area contributed by atoms with E-state index in [0.717, 1.165) is 141 Å². The van der Waals surface area contributed by atoms with Crippen molar-refractivity contribution in [3.63, 3.8) is 0 Å². The van der Waals surface area contributed by atoms with E-state index in [4.69, 9.17) is 58.1 Å². The van der Waals surface area contributed by atoms with E-state index in [2.05, 4.69) is 87.1 Å². The topological polar surface area (TPSA) is 332 Å². The molecule has 0 aliphatic heterocycles. The maximum Gasteiger partial charge on any atom is 0.491 e.